The third-order valence-electron chi connectivity index (χ3n) is 6.26. The first kappa shape index (κ1) is 20.7. The lowest BCUT2D eigenvalue weighted by Crippen LogP contribution is -2.49. The number of nitrogens with two attached hydrogens (primary N) is 1. The minimum absolute atomic E-state index is 0.0695. The number of likely N-dealkylation sites (tertiary alicyclic amines) is 1. The average molecular weight is 432 g/mol. The molecule has 1 saturated carbocycles. The van der Waals surface area contributed by atoms with Crippen molar-refractivity contribution >= 4 is 33.4 Å². The molecule has 0 spiro atoms. The van der Waals surface area contributed by atoms with E-state index in [4.69, 9.17) is 5.14 Å². The van der Waals surface area contributed by atoms with Crippen LogP contribution in [0.3, 0.4) is 0 Å². The Labute approximate surface area is 175 Å². The number of benzene rings is 1. The molecule has 30 heavy (non-hydrogen) atoms. The normalized spacial score (nSPS) is 28.3. The molecule has 4 rings (SSSR count). The number of carbonyl (C=O) groups is 3. The van der Waals surface area contributed by atoms with E-state index < -0.39 is 22.0 Å². The van der Waals surface area contributed by atoms with Gasteiger partial charge in [-0.25, -0.2) is 13.6 Å². The van der Waals surface area contributed by atoms with Crippen LogP contribution in [-0.2, 0) is 24.4 Å². The van der Waals surface area contributed by atoms with E-state index in [2.05, 4.69) is 5.32 Å². The van der Waals surface area contributed by atoms with Gasteiger partial charge < -0.3 is 5.32 Å². The third-order valence-corrected chi connectivity index (χ3v) is 7.19. The van der Waals surface area contributed by atoms with Gasteiger partial charge >= 0.3 is 0 Å². The van der Waals surface area contributed by atoms with Gasteiger partial charge in [-0.15, -0.1) is 0 Å². The first-order chi connectivity index (χ1) is 14.1. The highest BCUT2D eigenvalue weighted by Gasteiger charge is 2.61. The maximum absolute atomic E-state index is 13.1. The number of nitrogens with zero attached hydrogens (tertiary/aromatic N) is 1. The molecule has 1 aromatic rings. The summed E-state index contributed by atoms with van der Waals surface area (Å²) in [6.07, 6.45) is 5.22. The summed E-state index contributed by atoms with van der Waals surface area (Å²) in [6.45, 7) is 3.86. The van der Waals surface area contributed by atoms with Crippen molar-refractivity contribution in [1.82, 2.24) is 4.90 Å². The van der Waals surface area contributed by atoms with Gasteiger partial charge in [0, 0.05) is 5.69 Å². The molecule has 2 fully saturated rings. The second kappa shape index (κ2) is 7.31. The lowest BCUT2D eigenvalue weighted by atomic mass is 9.85. The Morgan fingerprint density at radius 3 is 2.10 bits per heavy atom. The van der Waals surface area contributed by atoms with E-state index >= 15 is 0 Å². The zero-order valence-electron chi connectivity index (χ0n) is 16.8. The number of carbonyl (C=O) groups excluding carboxylic acids is 3. The van der Waals surface area contributed by atoms with E-state index in [9.17, 15) is 22.8 Å². The largest absolute Gasteiger partial charge is 0.324 e. The predicted octanol–water partition coefficient (Wildman–Crippen LogP) is 1.49. The number of allylic oxidation sites excluding steroid dienone is 2. The van der Waals surface area contributed by atoms with Gasteiger partial charge in [-0.2, -0.15) is 0 Å². The van der Waals surface area contributed by atoms with E-state index in [0.29, 0.717) is 12.1 Å². The smallest absolute Gasteiger partial charge is 0.247 e. The number of sulfonamides is 1. The van der Waals surface area contributed by atoms with Crippen molar-refractivity contribution in [2.24, 2.45) is 34.7 Å². The number of amides is 3. The van der Waals surface area contributed by atoms with Crippen molar-refractivity contribution in [2.75, 3.05) is 5.32 Å². The lowest BCUT2D eigenvalue weighted by Gasteiger charge is -2.28. The molecule has 160 valence electrons. The highest BCUT2D eigenvalue weighted by atomic mass is 32.2. The van der Waals surface area contributed by atoms with E-state index in [1.54, 1.807) is 0 Å². The first-order valence-corrected chi connectivity index (χ1v) is 11.6. The quantitative estimate of drug-likeness (QED) is 0.521. The Morgan fingerprint density at radius 1 is 1.10 bits per heavy atom. The maximum atomic E-state index is 13.1. The lowest BCUT2D eigenvalue weighted by molar-refractivity contribution is -0.147. The van der Waals surface area contributed by atoms with Gasteiger partial charge in [0.15, 0.2) is 0 Å². The Bertz CT molecular complexity index is 1000. The second-order valence-corrected chi connectivity index (χ2v) is 10.3. The molecular weight excluding hydrogens is 406 g/mol. The molecule has 2 bridgehead atoms. The SMILES string of the molecule is CC(C)C[C@@H](C(=O)Nc1ccc(S(N)(=O)=O)cc1)N1C(=O)[C@@H]2[C@H](C1=O)[C@@H]1C=C[C@H]2C1. The van der Waals surface area contributed by atoms with E-state index in [1.165, 1.54) is 29.2 Å². The van der Waals surface area contributed by atoms with Crippen molar-refractivity contribution in [1.29, 1.82) is 0 Å². The van der Waals surface area contributed by atoms with E-state index in [1.807, 2.05) is 26.0 Å². The highest BCUT2D eigenvalue weighted by molar-refractivity contribution is 7.89. The van der Waals surface area contributed by atoms with Crippen molar-refractivity contribution in [3.63, 3.8) is 0 Å². The Kier molecular flexibility index (Phi) is 5.06. The van der Waals surface area contributed by atoms with Gasteiger partial charge in [-0.05, 0) is 54.9 Å². The van der Waals surface area contributed by atoms with Crippen LogP contribution in [0, 0.1) is 29.6 Å². The molecule has 1 heterocycles. The molecule has 3 N–H and O–H groups in total. The Morgan fingerprint density at radius 2 is 1.63 bits per heavy atom. The van der Waals surface area contributed by atoms with Crippen LogP contribution in [0.25, 0.3) is 0 Å². The van der Waals surface area contributed by atoms with Crippen molar-refractivity contribution < 1.29 is 22.8 Å². The minimum atomic E-state index is -3.84. The van der Waals surface area contributed by atoms with Gasteiger partial charge in [0.25, 0.3) is 0 Å². The summed E-state index contributed by atoms with van der Waals surface area (Å²) in [4.78, 5) is 40.5. The molecule has 0 radical (unpaired) electrons. The molecule has 3 amide bonds. The van der Waals surface area contributed by atoms with Crippen LogP contribution in [0.5, 0.6) is 0 Å². The molecule has 3 aliphatic rings. The Balaban J connectivity index is 1.56. The molecule has 8 nitrogen and oxygen atoms in total. The summed E-state index contributed by atoms with van der Waals surface area (Å²) in [6, 6.07) is 4.53. The minimum Gasteiger partial charge on any atom is -0.324 e. The molecular formula is C21H25N3O5S. The number of primary sulfonamides is 1. The molecule has 5 atom stereocenters. The van der Waals surface area contributed by atoms with Crippen LogP contribution in [0.4, 0.5) is 5.69 Å². The fraction of sp³-hybridized carbons (Fsp3) is 0.476. The molecule has 0 unspecified atom stereocenters. The van der Waals surface area contributed by atoms with E-state index in [0.717, 1.165) is 6.42 Å². The fourth-order valence-electron chi connectivity index (χ4n) is 4.96. The zero-order valence-corrected chi connectivity index (χ0v) is 17.6. The van der Waals surface area contributed by atoms with Crippen LogP contribution in [0.2, 0.25) is 0 Å². The Hall–Kier alpha value is -2.52. The maximum Gasteiger partial charge on any atom is 0.247 e. The van der Waals surface area contributed by atoms with Gasteiger partial charge in [0.2, 0.25) is 27.7 Å². The third kappa shape index (κ3) is 3.45. The number of fused-ring (bicyclic) bond motifs is 5. The molecule has 1 saturated heterocycles. The first-order valence-electron chi connectivity index (χ1n) is 10.1. The highest BCUT2D eigenvalue weighted by Crippen LogP contribution is 2.53. The molecule has 0 aromatic heterocycles. The second-order valence-electron chi connectivity index (χ2n) is 8.75. The molecule has 2 aliphatic carbocycles. The molecule has 1 aliphatic heterocycles. The summed E-state index contributed by atoms with van der Waals surface area (Å²) in [5, 5.41) is 7.81. The van der Waals surface area contributed by atoms with Gasteiger partial charge in [-0.1, -0.05) is 26.0 Å². The standard InChI is InChI=1S/C21H25N3O5S/c1-11(2)9-16(19(25)23-14-5-7-15(8-6-14)30(22,28)29)24-20(26)17-12-3-4-13(10-12)18(17)21(24)27/h3-8,11-13,16-18H,9-10H2,1-2H3,(H,23,25)(H2,22,28,29)/t12-,13+,16-,17-,18+/m0/s1. The average Bonchev–Trinajstić information content (AvgIpc) is 3.33. The van der Waals surface area contributed by atoms with E-state index in [-0.39, 0.29) is 46.3 Å². The zero-order chi connectivity index (χ0) is 21.8. The number of rotatable bonds is 6. The van der Waals surface area contributed by atoms with Crippen LogP contribution in [0.1, 0.15) is 26.7 Å². The molecule has 9 heteroatoms. The van der Waals surface area contributed by atoms with Crippen molar-refractivity contribution in [2.45, 2.75) is 37.6 Å². The van der Waals surface area contributed by atoms with Gasteiger partial charge in [-0.3, -0.25) is 19.3 Å². The summed E-state index contributed by atoms with van der Waals surface area (Å²) in [5.74, 6) is -1.45. The summed E-state index contributed by atoms with van der Waals surface area (Å²) < 4.78 is 22.8. The van der Waals surface area contributed by atoms with Crippen molar-refractivity contribution in [3.05, 3.63) is 36.4 Å². The number of nitrogens with one attached hydrogen (secondary N) is 1. The predicted molar refractivity (Wildman–Crippen MR) is 109 cm³/mol. The number of hydrogen-bond donors (Lipinski definition) is 2. The summed E-state index contributed by atoms with van der Waals surface area (Å²) in [7, 11) is -3.84. The van der Waals surface area contributed by atoms with Crippen molar-refractivity contribution in [3.8, 4) is 0 Å². The summed E-state index contributed by atoms with van der Waals surface area (Å²) >= 11 is 0. The molecule has 1 aromatic carbocycles. The van der Waals surface area contributed by atoms with Crippen LogP contribution < -0.4 is 10.5 Å². The summed E-state index contributed by atoms with van der Waals surface area (Å²) in [5.41, 5.74) is 0.363. The van der Waals surface area contributed by atoms with Crippen LogP contribution in [0.15, 0.2) is 41.3 Å². The number of anilines is 1. The monoisotopic (exact) mass is 431 g/mol. The number of hydrogen-bond acceptors (Lipinski definition) is 5. The van der Waals surface area contributed by atoms with Gasteiger partial charge in [0.05, 0.1) is 16.7 Å². The van der Waals surface area contributed by atoms with Gasteiger partial charge in [0.1, 0.15) is 6.04 Å². The van der Waals surface area contributed by atoms with Crippen LogP contribution >= 0.6 is 0 Å². The fourth-order valence-corrected chi connectivity index (χ4v) is 5.48. The topological polar surface area (TPSA) is 127 Å². The van der Waals surface area contributed by atoms with Crippen LogP contribution in [-0.4, -0.2) is 37.1 Å². The number of imide groups is 1.